The van der Waals surface area contributed by atoms with Gasteiger partial charge in [-0.25, -0.2) is 0 Å². The first-order chi connectivity index (χ1) is 7.28. The monoisotopic (exact) mass is 203 g/mol. The lowest BCUT2D eigenvalue weighted by atomic mass is 10.2. The van der Waals surface area contributed by atoms with Crippen molar-refractivity contribution in [3.8, 4) is 0 Å². The fraction of sp³-hybridized carbons (Fsp3) is 0.273. The molecule has 0 unspecified atom stereocenters. The molecule has 0 spiro atoms. The van der Waals surface area contributed by atoms with E-state index in [0.717, 1.165) is 11.1 Å². The van der Waals surface area contributed by atoms with Crippen molar-refractivity contribution < 1.29 is 5.11 Å². The topological polar surface area (TPSA) is 50.9 Å². The van der Waals surface area contributed by atoms with Crippen LogP contribution in [0.4, 0.5) is 0 Å². The Bertz CT molecular complexity index is 433. The second kappa shape index (κ2) is 4.23. The van der Waals surface area contributed by atoms with E-state index in [1.165, 1.54) is 0 Å². The van der Waals surface area contributed by atoms with Gasteiger partial charge in [-0.2, -0.15) is 5.10 Å². The molecule has 0 aromatic carbocycles. The number of aliphatic hydroxyl groups is 1. The number of hydrogen-bond acceptors (Lipinski definition) is 3. The van der Waals surface area contributed by atoms with Gasteiger partial charge in [-0.1, -0.05) is 6.07 Å². The molecule has 0 atom stereocenters. The first-order valence-corrected chi connectivity index (χ1v) is 4.81. The second-order valence-corrected chi connectivity index (χ2v) is 3.53. The molecule has 0 bridgehead atoms. The summed E-state index contributed by atoms with van der Waals surface area (Å²) in [5, 5.41) is 13.0. The van der Waals surface area contributed by atoms with E-state index in [9.17, 15) is 0 Å². The highest BCUT2D eigenvalue weighted by Crippen LogP contribution is 2.03. The quantitative estimate of drug-likeness (QED) is 0.813. The largest absolute Gasteiger partial charge is 0.390 e. The number of hydrogen-bond donors (Lipinski definition) is 1. The van der Waals surface area contributed by atoms with E-state index in [2.05, 4.69) is 10.1 Å². The molecule has 0 amide bonds. The summed E-state index contributed by atoms with van der Waals surface area (Å²) >= 11 is 0. The molecule has 2 heterocycles. The zero-order chi connectivity index (χ0) is 10.7. The van der Waals surface area contributed by atoms with Crippen molar-refractivity contribution in [1.82, 2.24) is 14.8 Å². The van der Waals surface area contributed by atoms with Crippen molar-refractivity contribution in [1.29, 1.82) is 0 Å². The third-order valence-electron chi connectivity index (χ3n) is 2.15. The van der Waals surface area contributed by atoms with Crippen molar-refractivity contribution in [2.45, 2.75) is 20.1 Å². The minimum absolute atomic E-state index is 0.0127. The van der Waals surface area contributed by atoms with Gasteiger partial charge in [0.15, 0.2) is 0 Å². The van der Waals surface area contributed by atoms with E-state index in [1.807, 2.05) is 36.1 Å². The molecule has 2 aromatic heterocycles. The Kier molecular flexibility index (Phi) is 2.78. The van der Waals surface area contributed by atoms with Crippen LogP contribution >= 0.6 is 0 Å². The zero-order valence-electron chi connectivity index (χ0n) is 8.59. The van der Waals surface area contributed by atoms with Crippen LogP contribution in [0.5, 0.6) is 0 Å². The molecule has 0 aliphatic heterocycles. The second-order valence-electron chi connectivity index (χ2n) is 3.53. The highest BCUT2D eigenvalue weighted by atomic mass is 16.3. The summed E-state index contributed by atoms with van der Waals surface area (Å²) in [6, 6.07) is 3.78. The molecular weight excluding hydrogens is 190 g/mol. The molecule has 0 aliphatic rings. The van der Waals surface area contributed by atoms with E-state index in [-0.39, 0.29) is 6.61 Å². The summed E-state index contributed by atoms with van der Waals surface area (Å²) in [7, 11) is 0. The van der Waals surface area contributed by atoms with E-state index in [4.69, 9.17) is 5.11 Å². The fourth-order valence-corrected chi connectivity index (χ4v) is 1.38. The lowest BCUT2D eigenvalue weighted by Gasteiger charge is -2.02. The van der Waals surface area contributed by atoms with Gasteiger partial charge in [-0.05, 0) is 24.1 Å². The third kappa shape index (κ3) is 2.41. The van der Waals surface area contributed by atoms with Crippen LogP contribution in [0, 0.1) is 6.92 Å². The Balaban J connectivity index is 2.11. The Hall–Kier alpha value is -1.68. The summed E-state index contributed by atoms with van der Waals surface area (Å²) in [6.07, 6.45) is 5.58. The SMILES string of the molecule is Cc1cnn(Cc2ccc(CO)nc2)c1. The summed E-state index contributed by atoms with van der Waals surface area (Å²) in [5.74, 6) is 0. The summed E-state index contributed by atoms with van der Waals surface area (Å²) in [4.78, 5) is 4.11. The molecule has 2 aromatic rings. The number of pyridine rings is 1. The van der Waals surface area contributed by atoms with Gasteiger partial charge in [0.1, 0.15) is 0 Å². The molecule has 78 valence electrons. The fourth-order valence-electron chi connectivity index (χ4n) is 1.38. The Labute approximate surface area is 88.2 Å². The normalized spacial score (nSPS) is 10.5. The van der Waals surface area contributed by atoms with E-state index in [1.54, 1.807) is 6.20 Å². The van der Waals surface area contributed by atoms with Crippen LogP contribution in [0.25, 0.3) is 0 Å². The van der Waals surface area contributed by atoms with Gasteiger partial charge in [0.25, 0.3) is 0 Å². The number of rotatable bonds is 3. The van der Waals surface area contributed by atoms with Crippen LogP contribution in [0.2, 0.25) is 0 Å². The standard InChI is InChI=1S/C11H13N3O/c1-9-4-13-14(6-9)7-10-2-3-11(8-15)12-5-10/h2-6,15H,7-8H2,1H3. The van der Waals surface area contributed by atoms with Gasteiger partial charge in [0.2, 0.25) is 0 Å². The molecule has 4 heteroatoms. The van der Waals surface area contributed by atoms with Crippen LogP contribution in [-0.4, -0.2) is 19.9 Å². The highest BCUT2D eigenvalue weighted by Gasteiger charge is 1.98. The van der Waals surface area contributed by atoms with Gasteiger partial charge < -0.3 is 5.11 Å². The van der Waals surface area contributed by atoms with Crippen LogP contribution in [0.3, 0.4) is 0 Å². The van der Waals surface area contributed by atoms with Gasteiger partial charge in [-0.15, -0.1) is 0 Å². The molecule has 0 saturated heterocycles. The average Bonchev–Trinajstić information content (AvgIpc) is 2.65. The maximum atomic E-state index is 8.84. The van der Waals surface area contributed by atoms with E-state index >= 15 is 0 Å². The minimum Gasteiger partial charge on any atom is -0.390 e. The smallest absolute Gasteiger partial charge is 0.0852 e. The summed E-state index contributed by atoms with van der Waals surface area (Å²) in [5.41, 5.74) is 2.92. The van der Waals surface area contributed by atoms with Crippen molar-refractivity contribution in [3.05, 3.63) is 47.5 Å². The molecule has 1 N–H and O–H groups in total. The predicted molar refractivity (Wildman–Crippen MR) is 56.2 cm³/mol. The van der Waals surface area contributed by atoms with Gasteiger partial charge in [0.05, 0.1) is 25.0 Å². The molecular formula is C11H13N3O. The van der Waals surface area contributed by atoms with Crippen LogP contribution in [0.1, 0.15) is 16.8 Å². The maximum absolute atomic E-state index is 8.84. The zero-order valence-corrected chi connectivity index (χ0v) is 8.59. The van der Waals surface area contributed by atoms with Crippen molar-refractivity contribution >= 4 is 0 Å². The maximum Gasteiger partial charge on any atom is 0.0852 e. The molecule has 0 radical (unpaired) electrons. The lowest BCUT2D eigenvalue weighted by molar-refractivity contribution is 0.277. The number of aryl methyl sites for hydroxylation is 1. The molecule has 2 rings (SSSR count). The van der Waals surface area contributed by atoms with Gasteiger partial charge in [-0.3, -0.25) is 9.67 Å². The average molecular weight is 203 g/mol. The Morgan fingerprint density at radius 1 is 1.33 bits per heavy atom. The molecule has 4 nitrogen and oxygen atoms in total. The van der Waals surface area contributed by atoms with Gasteiger partial charge >= 0.3 is 0 Å². The van der Waals surface area contributed by atoms with E-state index in [0.29, 0.717) is 12.2 Å². The predicted octanol–water partition coefficient (Wildman–Crippen LogP) is 1.13. The molecule has 0 saturated carbocycles. The molecule has 0 fully saturated rings. The van der Waals surface area contributed by atoms with Crippen LogP contribution in [-0.2, 0) is 13.2 Å². The summed E-state index contributed by atoms with van der Waals surface area (Å²) < 4.78 is 1.87. The first-order valence-electron chi connectivity index (χ1n) is 4.81. The number of aliphatic hydroxyl groups excluding tert-OH is 1. The number of nitrogens with zero attached hydrogens (tertiary/aromatic N) is 3. The van der Waals surface area contributed by atoms with E-state index < -0.39 is 0 Å². The van der Waals surface area contributed by atoms with Crippen LogP contribution < -0.4 is 0 Å². The highest BCUT2D eigenvalue weighted by molar-refractivity contribution is 5.14. The molecule has 0 aliphatic carbocycles. The first kappa shape index (κ1) is 9.86. The number of aromatic nitrogens is 3. The Morgan fingerprint density at radius 3 is 2.73 bits per heavy atom. The molecule has 15 heavy (non-hydrogen) atoms. The van der Waals surface area contributed by atoms with Crippen LogP contribution in [0.15, 0.2) is 30.7 Å². The van der Waals surface area contributed by atoms with Crippen molar-refractivity contribution in [3.63, 3.8) is 0 Å². The van der Waals surface area contributed by atoms with Crippen molar-refractivity contribution in [2.24, 2.45) is 0 Å². The third-order valence-corrected chi connectivity index (χ3v) is 2.15. The van der Waals surface area contributed by atoms with Gasteiger partial charge in [0, 0.05) is 12.4 Å². The lowest BCUT2D eigenvalue weighted by Crippen LogP contribution is -2.01. The summed E-state index contributed by atoms with van der Waals surface area (Å²) in [6.45, 7) is 2.71. The Morgan fingerprint density at radius 2 is 2.20 bits per heavy atom. The minimum atomic E-state index is -0.0127. The van der Waals surface area contributed by atoms with Crippen molar-refractivity contribution in [2.75, 3.05) is 0 Å².